The molecular formula is C21H30N2O5S. The van der Waals surface area contributed by atoms with E-state index in [2.05, 4.69) is 0 Å². The summed E-state index contributed by atoms with van der Waals surface area (Å²) in [6.07, 6.45) is 6.06. The highest BCUT2D eigenvalue weighted by Crippen LogP contribution is 2.37. The molecule has 1 aliphatic carbocycles. The zero-order chi connectivity index (χ0) is 20.4. The average molecular weight is 423 g/mol. The number of piperidine rings is 1. The Hall–Kier alpha value is -1.64. The number of hydrogen-bond donors (Lipinski definition) is 0. The van der Waals surface area contributed by atoms with Crippen LogP contribution in [0, 0.1) is 11.8 Å². The van der Waals surface area contributed by atoms with Crippen LogP contribution in [0.2, 0.25) is 0 Å². The number of rotatable bonds is 4. The fourth-order valence-electron chi connectivity index (χ4n) is 4.91. The summed E-state index contributed by atoms with van der Waals surface area (Å²) in [6, 6.07) is 4.75. The van der Waals surface area contributed by atoms with Crippen LogP contribution >= 0.6 is 0 Å². The molecule has 29 heavy (non-hydrogen) atoms. The van der Waals surface area contributed by atoms with Crippen molar-refractivity contribution >= 4 is 15.9 Å². The van der Waals surface area contributed by atoms with Crippen LogP contribution < -0.4 is 4.74 Å². The van der Waals surface area contributed by atoms with Gasteiger partial charge in [-0.1, -0.05) is 19.3 Å². The largest absolute Gasteiger partial charge is 0.495 e. The molecule has 1 amide bonds. The lowest BCUT2D eigenvalue weighted by Gasteiger charge is -2.41. The molecule has 0 unspecified atom stereocenters. The van der Waals surface area contributed by atoms with Crippen molar-refractivity contribution in [1.29, 1.82) is 0 Å². The van der Waals surface area contributed by atoms with Gasteiger partial charge in [0.1, 0.15) is 10.6 Å². The van der Waals surface area contributed by atoms with Crippen LogP contribution in [-0.4, -0.2) is 70.0 Å². The molecule has 8 heteroatoms. The van der Waals surface area contributed by atoms with Crippen molar-refractivity contribution in [3.8, 4) is 5.75 Å². The molecule has 1 saturated carbocycles. The Labute approximate surface area is 173 Å². The average Bonchev–Trinajstić information content (AvgIpc) is 2.78. The Balaban J connectivity index is 1.58. The first-order chi connectivity index (χ1) is 14.0. The van der Waals surface area contributed by atoms with Gasteiger partial charge in [0.15, 0.2) is 0 Å². The topological polar surface area (TPSA) is 76.2 Å². The molecule has 3 aliphatic rings. The number of carbonyl (C=O) groups excluding carboxylic acids is 1. The number of amides is 1. The minimum Gasteiger partial charge on any atom is -0.495 e. The second-order valence-corrected chi connectivity index (χ2v) is 10.1. The normalized spacial score (nSPS) is 26.0. The van der Waals surface area contributed by atoms with Crippen molar-refractivity contribution in [2.24, 2.45) is 11.8 Å². The maximum atomic E-state index is 13.2. The van der Waals surface area contributed by atoms with Crippen LogP contribution in [0.25, 0.3) is 0 Å². The van der Waals surface area contributed by atoms with Crippen molar-refractivity contribution in [2.45, 2.75) is 37.0 Å². The molecule has 2 atom stereocenters. The number of fused-ring (bicyclic) bond motifs is 1. The van der Waals surface area contributed by atoms with Gasteiger partial charge in [-0.25, -0.2) is 8.42 Å². The van der Waals surface area contributed by atoms with Gasteiger partial charge in [0, 0.05) is 31.7 Å². The van der Waals surface area contributed by atoms with Gasteiger partial charge in [-0.3, -0.25) is 4.79 Å². The molecule has 0 spiro atoms. The van der Waals surface area contributed by atoms with Crippen LogP contribution in [0.4, 0.5) is 0 Å². The fraction of sp³-hybridized carbons (Fsp3) is 0.667. The summed E-state index contributed by atoms with van der Waals surface area (Å²) in [7, 11) is -2.31. The Morgan fingerprint density at radius 3 is 2.52 bits per heavy atom. The molecule has 4 rings (SSSR count). The SMILES string of the molecule is COc1ccc(C(=O)N2CC[C@H]3CCCC[C@H]3C2)cc1S(=O)(=O)N1CCOCC1. The first-order valence-corrected chi connectivity index (χ1v) is 12.0. The third kappa shape index (κ3) is 4.15. The maximum absolute atomic E-state index is 13.2. The third-order valence-electron chi connectivity index (χ3n) is 6.58. The molecule has 2 aliphatic heterocycles. The van der Waals surface area contributed by atoms with Crippen molar-refractivity contribution < 1.29 is 22.7 Å². The molecule has 3 fully saturated rings. The molecule has 1 aromatic carbocycles. The Morgan fingerprint density at radius 2 is 1.79 bits per heavy atom. The molecule has 2 saturated heterocycles. The summed E-state index contributed by atoms with van der Waals surface area (Å²) < 4.78 is 38.3. The minimum absolute atomic E-state index is 0.0558. The third-order valence-corrected chi connectivity index (χ3v) is 8.50. The monoisotopic (exact) mass is 422 g/mol. The van der Waals surface area contributed by atoms with Crippen molar-refractivity contribution in [1.82, 2.24) is 9.21 Å². The van der Waals surface area contributed by atoms with E-state index < -0.39 is 10.0 Å². The smallest absolute Gasteiger partial charge is 0.253 e. The highest BCUT2D eigenvalue weighted by molar-refractivity contribution is 7.89. The van der Waals surface area contributed by atoms with Crippen molar-refractivity contribution in [3.63, 3.8) is 0 Å². The molecule has 2 heterocycles. The number of likely N-dealkylation sites (tertiary alicyclic amines) is 1. The maximum Gasteiger partial charge on any atom is 0.253 e. The summed E-state index contributed by atoms with van der Waals surface area (Å²) in [5.74, 6) is 1.49. The first kappa shape index (κ1) is 20.6. The number of sulfonamides is 1. The Bertz CT molecular complexity index is 851. The van der Waals surface area contributed by atoms with Gasteiger partial charge < -0.3 is 14.4 Å². The van der Waals surface area contributed by atoms with Gasteiger partial charge in [-0.05, 0) is 42.9 Å². The molecule has 1 aromatic rings. The highest BCUT2D eigenvalue weighted by atomic mass is 32.2. The van der Waals surface area contributed by atoms with Gasteiger partial charge in [0.05, 0.1) is 20.3 Å². The van der Waals surface area contributed by atoms with Crippen LogP contribution in [0.3, 0.4) is 0 Å². The van der Waals surface area contributed by atoms with Crippen LogP contribution in [0.1, 0.15) is 42.5 Å². The second-order valence-electron chi connectivity index (χ2n) is 8.23. The van der Waals surface area contributed by atoms with E-state index in [0.717, 1.165) is 25.4 Å². The number of carbonyl (C=O) groups is 1. The van der Waals surface area contributed by atoms with E-state index in [1.807, 2.05) is 4.90 Å². The fourth-order valence-corrected chi connectivity index (χ4v) is 6.49. The van der Waals surface area contributed by atoms with Gasteiger partial charge in [0.2, 0.25) is 10.0 Å². The minimum atomic E-state index is -3.75. The van der Waals surface area contributed by atoms with Crippen molar-refractivity contribution in [3.05, 3.63) is 23.8 Å². The predicted molar refractivity (Wildman–Crippen MR) is 109 cm³/mol. The van der Waals surface area contributed by atoms with Gasteiger partial charge in [0.25, 0.3) is 5.91 Å². The molecular weight excluding hydrogens is 392 g/mol. The zero-order valence-corrected chi connectivity index (χ0v) is 17.8. The Morgan fingerprint density at radius 1 is 1.07 bits per heavy atom. The van der Waals surface area contributed by atoms with E-state index in [1.54, 1.807) is 12.1 Å². The standard InChI is InChI=1S/C21H30N2O5S/c1-27-19-7-6-17(14-20(19)29(25,26)23-10-12-28-13-11-23)21(24)22-9-8-16-4-2-3-5-18(16)15-22/h6-7,14,16,18H,2-5,8-13,15H2,1H3/t16-,18+/m1/s1. The quantitative estimate of drug-likeness (QED) is 0.745. The van der Waals surface area contributed by atoms with Crippen molar-refractivity contribution in [2.75, 3.05) is 46.5 Å². The lowest BCUT2D eigenvalue weighted by atomic mass is 9.75. The predicted octanol–water partition coefficient (Wildman–Crippen LogP) is 2.37. The number of methoxy groups -OCH3 is 1. The first-order valence-electron chi connectivity index (χ1n) is 10.6. The molecule has 7 nitrogen and oxygen atoms in total. The van der Waals surface area contributed by atoms with Crippen LogP contribution in [-0.2, 0) is 14.8 Å². The van der Waals surface area contributed by atoms with E-state index in [1.165, 1.54) is 43.2 Å². The summed E-state index contributed by atoms with van der Waals surface area (Å²) in [5, 5.41) is 0. The number of benzene rings is 1. The molecule has 0 radical (unpaired) electrons. The second kappa shape index (κ2) is 8.62. The number of hydrogen-bond acceptors (Lipinski definition) is 5. The number of morpholine rings is 1. The molecule has 0 bridgehead atoms. The zero-order valence-electron chi connectivity index (χ0n) is 17.0. The summed E-state index contributed by atoms with van der Waals surface area (Å²) in [4.78, 5) is 15.1. The van der Waals surface area contributed by atoms with Gasteiger partial charge in [-0.2, -0.15) is 4.31 Å². The summed E-state index contributed by atoms with van der Waals surface area (Å²) in [6.45, 7) is 2.88. The van der Waals surface area contributed by atoms with Gasteiger partial charge >= 0.3 is 0 Å². The molecule has 160 valence electrons. The van der Waals surface area contributed by atoms with E-state index in [9.17, 15) is 13.2 Å². The van der Waals surface area contributed by atoms with E-state index in [0.29, 0.717) is 37.8 Å². The van der Waals surface area contributed by atoms with E-state index in [4.69, 9.17) is 9.47 Å². The van der Waals surface area contributed by atoms with Crippen LogP contribution in [0.5, 0.6) is 5.75 Å². The highest BCUT2D eigenvalue weighted by Gasteiger charge is 2.34. The summed E-state index contributed by atoms with van der Waals surface area (Å²) >= 11 is 0. The lowest BCUT2D eigenvalue weighted by molar-refractivity contribution is 0.0520. The number of nitrogens with zero attached hydrogens (tertiary/aromatic N) is 2. The van der Waals surface area contributed by atoms with Crippen LogP contribution in [0.15, 0.2) is 23.1 Å². The summed E-state index contributed by atoms with van der Waals surface area (Å²) in [5.41, 5.74) is 0.409. The lowest BCUT2D eigenvalue weighted by Crippen LogP contribution is -2.44. The molecule has 0 N–H and O–H groups in total. The Kier molecular flexibility index (Phi) is 6.13. The van der Waals surface area contributed by atoms with E-state index in [-0.39, 0.29) is 16.6 Å². The van der Waals surface area contributed by atoms with E-state index >= 15 is 0 Å². The number of ether oxygens (including phenoxy) is 2. The molecule has 0 aromatic heterocycles. The van der Waals surface area contributed by atoms with Gasteiger partial charge in [-0.15, -0.1) is 0 Å².